The van der Waals surface area contributed by atoms with Crippen LogP contribution in [0.4, 0.5) is 0 Å². The normalized spacial score (nSPS) is 18.1. The lowest BCUT2D eigenvalue weighted by Crippen LogP contribution is -2.32. The summed E-state index contributed by atoms with van der Waals surface area (Å²) in [7, 11) is 0. The largest absolute Gasteiger partial charge is 0.330 e. The molecule has 0 amide bonds. The molecule has 0 heterocycles. The second-order valence-electron chi connectivity index (χ2n) is 5.85. The highest BCUT2D eigenvalue weighted by Crippen LogP contribution is 2.40. The highest BCUT2D eigenvalue weighted by Gasteiger charge is 2.33. The zero-order valence-electron chi connectivity index (χ0n) is 12.5. The summed E-state index contributed by atoms with van der Waals surface area (Å²) in [5.74, 6) is 0. The zero-order chi connectivity index (χ0) is 13.7. The molecular formula is C17H28N2. The summed E-state index contributed by atoms with van der Waals surface area (Å²) in [6, 6.07) is 9.22. The standard InChI is InChI=1S/C17H28N2/c1-3-19(4-2)13-15-7-9-16(10-8-15)17(14-18)11-5-6-12-17/h7-10H,3-6,11-14,18H2,1-2H3. The van der Waals surface area contributed by atoms with Gasteiger partial charge in [-0.1, -0.05) is 51.0 Å². The van der Waals surface area contributed by atoms with Gasteiger partial charge in [0.2, 0.25) is 0 Å². The monoisotopic (exact) mass is 260 g/mol. The first-order valence-corrected chi connectivity index (χ1v) is 7.76. The summed E-state index contributed by atoms with van der Waals surface area (Å²) in [4.78, 5) is 2.45. The summed E-state index contributed by atoms with van der Waals surface area (Å²) in [6.45, 7) is 8.53. The zero-order valence-corrected chi connectivity index (χ0v) is 12.5. The Kier molecular flexibility index (Phi) is 5.00. The van der Waals surface area contributed by atoms with Crippen LogP contribution in [0, 0.1) is 0 Å². The second-order valence-corrected chi connectivity index (χ2v) is 5.85. The Hall–Kier alpha value is -0.860. The van der Waals surface area contributed by atoms with Crippen LogP contribution in [0.3, 0.4) is 0 Å². The summed E-state index contributed by atoms with van der Waals surface area (Å²) in [5, 5.41) is 0. The second kappa shape index (κ2) is 6.53. The molecule has 0 unspecified atom stereocenters. The molecule has 2 heteroatoms. The molecule has 2 rings (SSSR count). The molecule has 2 nitrogen and oxygen atoms in total. The van der Waals surface area contributed by atoms with Gasteiger partial charge in [-0.2, -0.15) is 0 Å². The van der Waals surface area contributed by atoms with Crippen molar-refractivity contribution in [1.29, 1.82) is 0 Å². The number of nitrogens with zero attached hydrogens (tertiary/aromatic N) is 1. The molecule has 19 heavy (non-hydrogen) atoms. The number of hydrogen-bond donors (Lipinski definition) is 1. The predicted molar refractivity (Wildman–Crippen MR) is 82.3 cm³/mol. The van der Waals surface area contributed by atoms with Crippen molar-refractivity contribution in [3.05, 3.63) is 35.4 Å². The van der Waals surface area contributed by atoms with Gasteiger partial charge in [-0.05, 0) is 37.1 Å². The van der Waals surface area contributed by atoms with E-state index in [-0.39, 0.29) is 5.41 Å². The fourth-order valence-electron chi connectivity index (χ4n) is 3.33. The van der Waals surface area contributed by atoms with E-state index in [1.54, 1.807) is 0 Å². The Labute approximate surface area is 118 Å². The minimum Gasteiger partial charge on any atom is -0.330 e. The van der Waals surface area contributed by atoms with E-state index in [1.165, 1.54) is 36.8 Å². The molecule has 0 bridgehead atoms. The van der Waals surface area contributed by atoms with E-state index in [0.29, 0.717) is 0 Å². The molecular weight excluding hydrogens is 232 g/mol. The third kappa shape index (κ3) is 3.18. The molecule has 0 atom stereocenters. The van der Waals surface area contributed by atoms with Crippen molar-refractivity contribution in [2.45, 2.75) is 51.5 Å². The molecule has 1 aromatic carbocycles. The topological polar surface area (TPSA) is 29.3 Å². The van der Waals surface area contributed by atoms with E-state index >= 15 is 0 Å². The maximum atomic E-state index is 6.05. The van der Waals surface area contributed by atoms with Crippen molar-refractivity contribution in [1.82, 2.24) is 4.90 Å². The molecule has 1 aromatic rings. The minimum atomic E-state index is 0.272. The lowest BCUT2D eigenvalue weighted by molar-refractivity contribution is 0.296. The van der Waals surface area contributed by atoms with Gasteiger partial charge in [-0.25, -0.2) is 0 Å². The molecule has 0 spiro atoms. The Bertz CT molecular complexity index is 373. The predicted octanol–water partition coefficient (Wildman–Crippen LogP) is 3.30. The average Bonchev–Trinajstić information content (AvgIpc) is 2.95. The lowest BCUT2D eigenvalue weighted by atomic mass is 9.79. The van der Waals surface area contributed by atoms with Crippen LogP contribution < -0.4 is 5.73 Å². The van der Waals surface area contributed by atoms with Gasteiger partial charge in [-0.3, -0.25) is 4.90 Å². The van der Waals surface area contributed by atoms with Crippen LogP contribution in [0.2, 0.25) is 0 Å². The van der Waals surface area contributed by atoms with Gasteiger partial charge in [0.15, 0.2) is 0 Å². The van der Waals surface area contributed by atoms with Crippen LogP contribution in [-0.2, 0) is 12.0 Å². The molecule has 1 fully saturated rings. The summed E-state index contributed by atoms with van der Waals surface area (Å²) >= 11 is 0. The molecule has 1 aliphatic rings. The molecule has 0 radical (unpaired) electrons. The van der Waals surface area contributed by atoms with E-state index in [1.807, 2.05) is 0 Å². The fraction of sp³-hybridized carbons (Fsp3) is 0.647. The number of benzene rings is 1. The van der Waals surface area contributed by atoms with E-state index < -0.39 is 0 Å². The molecule has 2 N–H and O–H groups in total. The van der Waals surface area contributed by atoms with Crippen molar-refractivity contribution in [3.8, 4) is 0 Å². The van der Waals surface area contributed by atoms with Crippen LogP contribution in [0.5, 0.6) is 0 Å². The molecule has 0 aromatic heterocycles. The summed E-state index contributed by atoms with van der Waals surface area (Å²) < 4.78 is 0. The highest BCUT2D eigenvalue weighted by atomic mass is 15.1. The van der Waals surface area contributed by atoms with Gasteiger partial charge < -0.3 is 5.73 Å². The maximum Gasteiger partial charge on any atom is 0.0233 e. The first-order chi connectivity index (χ1) is 9.24. The first-order valence-electron chi connectivity index (χ1n) is 7.76. The van der Waals surface area contributed by atoms with Gasteiger partial charge in [0.1, 0.15) is 0 Å². The number of rotatable bonds is 6. The van der Waals surface area contributed by atoms with Crippen molar-refractivity contribution in [2.75, 3.05) is 19.6 Å². The number of hydrogen-bond acceptors (Lipinski definition) is 2. The van der Waals surface area contributed by atoms with Crippen LogP contribution >= 0.6 is 0 Å². The SMILES string of the molecule is CCN(CC)Cc1ccc(C2(CN)CCCC2)cc1. The number of nitrogens with two attached hydrogens (primary N) is 1. The van der Waals surface area contributed by atoms with Crippen LogP contribution in [-0.4, -0.2) is 24.5 Å². The smallest absolute Gasteiger partial charge is 0.0233 e. The summed E-state index contributed by atoms with van der Waals surface area (Å²) in [6.07, 6.45) is 5.19. The van der Waals surface area contributed by atoms with Gasteiger partial charge in [0.05, 0.1) is 0 Å². The van der Waals surface area contributed by atoms with E-state index in [2.05, 4.69) is 43.0 Å². The van der Waals surface area contributed by atoms with Crippen LogP contribution in [0.25, 0.3) is 0 Å². The Morgan fingerprint density at radius 1 is 1.05 bits per heavy atom. The van der Waals surface area contributed by atoms with E-state index in [0.717, 1.165) is 26.2 Å². The quantitative estimate of drug-likeness (QED) is 0.850. The molecule has 1 aliphatic carbocycles. The van der Waals surface area contributed by atoms with Crippen LogP contribution in [0.1, 0.15) is 50.7 Å². The van der Waals surface area contributed by atoms with Gasteiger partial charge in [-0.15, -0.1) is 0 Å². The molecule has 106 valence electrons. The first kappa shape index (κ1) is 14.5. The van der Waals surface area contributed by atoms with Crippen molar-refractivity contribution >= 4 is 0 Å². The Morgan fingerprint density at radius 2 is 1.63 bits per heavy atom. The third-order valence-corrected chi connectivity index (χ3v) is 4.82. The van der Waals surface area contributed by atoms with Crippen molar-refractivity contribution in [2.24, 2.45) is 5.73 Å². The minimum absolute atomic E-state index is 0.272. The Balaban J connectivity index is 2.09. The van der Waals surface area contributed by atoms with Gasteiger partial charge >= 0.3 is 0 Å². The Morgan fingerprint density at radius 3 is 2.11 bits per heavy atom. The molecule has 0 saturated heterocycles. The lowest BCUT2D eigenvalue weighted by Gasteiger charge is -2.28. The van der Waals surface area contributed by atoms with Crippen LogP contribution in [0.15, 0.2) is 24.3 Å². The van der Waals surface area contributed by atoms with E-state index in [4.69, 9.17) is 5.73 Å². The third-order valence-electron chi connectivity index (χ3n) is 4.82. The van der Waals surface area contributed by atoms with E-state index in [9.17, 15) is 0 Å². The molecule has 0 aliphatic heterocycles. The van der Waals surface area contributed by atoms with Crippen molar-refractivity contribution in [3.63, 3.8) is 0 Å². The van der Waals surface area contributed by atoms with Crippen molar-refractivity contribution < 1.29 is 0 Å². The fourth-order valence-corrected chi connectivity index (χ4v) is 3.33. The summed E-state index contributed by atoms with van der Waals surface area (Å²) in [5.41, 5.74) is 9.19. The molecule has 1 saturated carbocycles. The maximum absolute atomic E-state index is 6.05. The average molecular weight is 260 g/mol. The van der Waals surface area contributed by atoms with Gasteiger partial charge in [0, 0.05) is 18.5 Å². The highest BCUT2D eigenvalue weighted by molar-refractivity contribution is 5.30. The van der Waals surface area contributed by atoms with Gasteiger partial charge in [0.25, 0.3) is 0 Å².